The van der Waals surface area contributed by atoms with Crippen LogP contribution in [0.3, 0.4) is 0 Å². The molecule has 2 aliphatic heterocycles. The van der Waals surface area contributed by atoms with E-state index >= 15 is 0 Å². The third kappa shape index (κ3) is 1.97. The Morgan fingerprint density at radius 2 is 2.14 bits per heavy atom. The van der Waals surface area contributed by atoms with E-state index in [-0.39, 0.29) is 23.7 Å². The molecule has 0 N–H and O–H groups in total. The molecule has 0 radical (unpaired) electrons. The first kappa shape index (κ1) is 13.0. The Morgan fingerprint density at radius 3 is 2.91 bits per heavy atom. The van der Waals surface area contributed by atoms with Crippen LogP contribution in [0.5, 0.6) is 0 Å². The number of cyclic esters (lactones) is 1. The molecule has 2 fully saturated rings. The van der Waals surface area contributed by atoms with E-state index in [0.717, 1.165) is 0 Å². The summed E-state index contributed by atoms with van der Waals surface area (Å²) in [6, 6.07) is 7.27. The van der Waals surface area contributed by atoms with Gasteiger partial charge in [-0.25, -0.2) is 9.67 Å². The predicted octanol–water partition coefficient (Wildman–Crippen LogP) is 0.512. The molecule has 112 valence electrons. The molecule has 7 heteroatoms. The summed E-state index contributed by atoms with van der Waals surface area (Å²) in [5.41, 5.74) is 1.24. The smallest absolute Gasteiger partial charge is 0.311 e. The molecule has 2 saturated heterocycles. The third-order valence-corrected chi connectivity index (χ3v) is 4.27. The Kier molecular flexibility index (Phi) is 2.92. The fourth-order valence-corrected chi connectivity index (χ4v) is 3.13. The Balaban J connectivity index is 1.63. The van der Waals surface area contributed by atoms with Crippen LogP contribution >= 0.6 is 0 Å². The van der Waals surface area contributed by atoms with Gasteiger partial charge in [-0.15, -0.1) is 0 Å². The van der Waals surface area contributed by atoms with Crippen LogP contribution in [0, 0.1) is 11.8 Å². The maximum atomic E-state index is 12.8. The number of fused-ring (bicyclic) bond motifs is 1. The second-order valence-corrected chi connectivity index (χ2v) is 5.56. The van der Waals surface area contributed by atoms with Crippen LogP contribution in [-0.2, 0) is 9.53 Å². The van der Waals surface area contributed by atoms with Gasteiger partial charge in [0.15, 0.2) is 0 Å². The van der Waals surface area contributed by atoms with Gasteiger partial charge in [0.1, 0.15) is 12.7 Å². The summed E-state index contributed by atoms with van der Waals surface area (Å²) in [5.74, 6) is -0.337. The van der Waals surface area contributed by atoms with Crippen LogP contribution in [0.1, 0.15) is 10.4 Å². The highest BCUT2D eigenvalue weighted by atomic mass is 16.5. The van der Waals surface area contributed by atoms with E-state index < -0.39 is 0 Å². The van der Waals surface area contributed by atoms with E-state index in [1.54, 1.807) is 22.0 Å². The van der Waals surface area contributed by atoms with Gasteiger partial charge in [-0.1, -0.05) is 12.1 Å². The topological polar surface area (TPSA) is 77.3 Å². The van der Waals surface area contributed by atoms with Crippen molar-refractivity contribution in [1.29, 1.82) is 0 Å². The summed E-state index contributed by atoms with van der Waals surface area (Å²) < 4.78 is 6.60. The van der Waals surface area contributed by atoms with Gasteiger partial charge in [-0.2, -0.15) is 5.10 Å². The van der Waals surface area contributed by atoms with E-state index in [0.29, 0.717) is 30.9 Å². The van der Waals surface area contributed by atoms with Gasteiger partial charge < -0.3 is 9.64 Å². The lowest BCUT2D eigenvalue weighted by molar-refractivity contribution is -0.141. The molecular formula is C15H14N4O3. The highest BCUT2D eigenvalue weighted by Crippen LogP contribution is 2.31. The molecular weight excluding hydrogens is 284 g/mol. The van der Waals surface area contributed by atoms with Crippen molar-refractivity contribution in [2.45, 2.75) is 0 Å². The molecule has 2 aliphatic rings. The number of nitrogens with zero attached hydrogens (tertiary/aromatic N) is 4. The van der Waals surface area contributed by atoms with Crippen molar-refractivity contribution in [1.82, 2.24) is 19.7 Å². The second kappa shape index (κ2) is 4.94. The molecule has 0 aliphatic carbocycles. The van der Waals surface area contributed by atoms with Crippen molar-refractivity contribution in [3.05, 3.63) is 42.5 Å². The normalized spacial score (nSPS) is 23.5. The zero-order valence-electron chi connectivity index (χ0n) is 11.8. The SMILES string of the molecule is O=C1OC[C@H]2CN(C(=O)c3ccccc3-n3cncn3)C[C@@H]12. The molecule has 4 rings (SSSR count). The molecule has 0 unspecified atom stereocenters. The average Bonchev–Trinajstić information content (AvgIpc) is 3.25. The summed E-state index contributed by atoms with van der Waals surface area (Å²) in [5, 5.41) is 4.09. The highest BCUT2D eigenvalue weighted by molar-refractivity contribution is 5.98. The van der Waals surface area contributed by atoms with Gasteiger partial charge in [0.25, 0.3) is 5.91 Å². The van der Waals surface area contributed by atoms with Crippen LogP contribution < -0.4 is 0 Å². The van der Waals surface area contributed by atoms with Crippen molar-refractivity contribution in [3.8, 4) is 5.69 Å². The maximum Gasteiger partial charge on any atom is 0.311 e. The number of ether oxygens (including phenoxy) is 1. The standard InChI is InChI=1S/C15H14N4O3/c20-14(18-5-10-7-22-15(21)12(10)6-18)11-3-1-2-4-13(11)19-9-16-8-17-19/h1-4,8-10,12H,5-7H2/t10-,12-/m1/s1. The summed E-state index contributed by atoms with van der Waals surface area (Å²) in [6.07, 6.45) is 2.99. The summed E-state index contributed by atoms with van der Waals surface area (Å²) in [6.45, 7) is 1.40. The summed E-state index contributed by atoms with van der Waals surface area (Å²) in [7, 11) is 0. The maximum absolute atomic E-state index is 12.8. The lowest BCUT2D eigenvalue weighted by atomic mass is 10.0. The van der Waals surface area contributed by atoms with E-state index in [9.17, 15) is 9.59 Å². The Hall–Kier alpha value is -2.70. The molecule has 2 aromatic rings. The zero-order valence-corrected chi connectivity index (χ0v) is 11.8. The number of hydrogen-bond acceptors (Lipinski definition) is 5. The minimum Gasteiger partial charge on any atom is -0.465 e. The van der Waals surface area contributed by atoms with E-state index in [1.165, 1.54) is 6.33 Å². The first-order valence-corrected chi connectivity index (χ1v) is 7.14. The fraction of sp³-hybridized carbons (Fsp3) is 0.333. The molecule has 0 saturated carbocycles. The molecule has 3 heterocycles. The van der Waals surface area contributed by atoms with Crippen LogP contribution in [-0.4, -0.2) is 51.2 Å². The minimum atomic E-state index is -0.190. The van der Waals surface area contributed by atoms with Crippen molar-refractivity contribution in [2.75, 3.05) is 19.7 Å². The average molecular weight is 298 g/mol. The first-order chi connectivity index (χ1) is 10.7. The number of hydrogen-bond donors (Lipinski definition) is 0. The number of benzene rings is 1. The number of amides is 1. The third-order valence-electron chi connectivity index (χ3n) is 4.27. The molecule has 1 amide bonds. The van der Waals surface area contributed by atoms with Gasteiger partial charge in [0.2, 0.25) is 0 Å². The first-order valence-electron chi connectivity index (χ1n) is 7.14. The van der Waals surface area contributed by atoms with Crippen LogP contribution in [0.4, 0.5) is 0 Å². The van der Waals surface area contributed by atoms with Crippen molar-refractivity contribution < 1.29 is 14.3 Å². The van der Waals surface area contributed by atoms with Crippen LogP contribution in [0.25, 0.3) is 5.69 Å². The Morgan fingerprint density at radius 1 is 1.27 bits per heavy atom. The molecule has 22 heavy (non-hydrogen) atoms. The summed E-state index contributed by atoms with van der Waals surface area (Å²) >= 11 is 0. The lowest BCUT2D eigenvalue weighted by Crippen LogP contribution is -2.31. The van der Waals surface area contributed by atoms with Gasteiger partial charge in [0, 0.05) is 19.0 Å². The van der Waals surface area contributed by atoms with E-state index in [4.69, 9.17) is 4.74 Å². The Bertz CT molecular complexity index is 728. The molecule has 1 aromatic carbocycles. The minimum absolute atomic E-state index is 0.0895. The molecule has 2 atom stereocenters. The molecule has 1 aromatic heterocycles. The van der Waals surface area contributed by atoms with E-state index in [2.05, 4.69) is 10.1 Å². The van der Waals surface area contributed by atoms with Crippen LogP contribution in [0.15, 0.2) is 36.9 Å². The van der Waals surface area contributed by atoms with Crippen molar-refractivity contribution in [3.63, 3.8) is 0 Å². The highest BCUT2D eigenvalue weighted by Gasteiger charge is 2.45. The number of rotatable bonds is 2. The second-order valence-electron chi connectivity index (χ2n) is 5.56. The zero-order chi connectivity index (χ0) is 15.1. The van der Waals surface area contributed by atoms with E-state index in [1.807, 2.05) is 18.2 Å². The molecule has 0 spiro atoms. The number of aromatic nitrogens is 3. The summed E-state index contributed by atoms with van der Waals surface area (Å²) in [4.78, 5) is 30.1. The number of carbonyl (C=O) groups is 2. The quantitative estimate of drug-likeness (QED) is 0.755. The van der Waals surface area contributed by atoms with Gasteiger partial charge in [-0.05, 0) is 12.1 Å². The van der Waals surface area contributed by atoms with Gasteiger partial charge in [-0.3, -0.25) is 9.59 Å². The monoisotopic (exact) mass is 298 g/mol. The number of para-hydroxylation sites is 1. The molecule has 0 bridgehead atoms. The lowest BCUT2D eigenvalue weighted by Gasteiger charge is -2.19. The number of carbonyl (C=O) groups excluding carboxylic acids is 2. The number of esters is 1. The Labute approximate surface area is 126 Å². The van der Waals surface area contributed by atoms with Crippen LogP contribution in [0.2, 0.25) is 0 Å². The molecule has 7 nitrogen and oxygen atoms in total. The number of likely N-dealkylation sites (tertiary alicyclic amines) is 1. The van der Waals surface area contributed by atoms with Crippen molar-refractivity contribution >= 4 is 11.9 Å². The van der Waals surface area contributed by atoms with Gasteiger partial charge in [0.05, 0.1) is 23.8 Å². The largest absolute Gasteiger partial charge is 0.465 e. The fourth-order valence-electron chi connectivity index (χ4n) is 3.13. The van der Waals surface area contributed by atoms with Crippen molar-refractivity contribution in [2.24, 2.45) is 11.8 Å². The van der Waals surface area contributed by atoms with Gasteiger partial charge >= 0.3 is 5.97 Å². The predicted molar refractivity (Wildman–Crippen MR) is 75.2 cm³/mol.